The Balaban J connectivity index is 2.50. The number of anilines is 2. The summed E-state index contributed by atoms with van der Waals surface area (Å²) >= 11 is 9.45. The molecule has 0 saturated heterocycles. The molecule has 2 aromatic rings. The quantitative estimate of drug-likeness (QED) is 0.665. The molecule has 19 heavy (non-hydrogen) atoms. The number of hydrogen-bond acceptors (Lipinski definition) is 1. The molecule has 0 unspecified atom stereocenters. The molecule has 0 bridgehead atoms. The molecule has 0 heterocycles. The average molecular weight is 343 g/mol. The van der Waals surface area contributed by atoms with Crippen LogP contribution in [0, 0.1) is 5.82 Å². The summed E-state index contributed by atoms with van der Waals surface area (Å²) < 4.78 is 14.4. The van der Waals surface area contributed by atoms with Crippen LogP contribution in [0.15, 0.2) is 46.9 Å². The van der Waals surface area contributed by atoms with E-state index in [0.29, 0.717) is 5.88 Å². The van der Waals surface area contributed by atoms with Crippen LogP contribution in [0.3, 0.4) is 0 Å². The predicted octanol–water partition coefficient (Wildman–Crippen LogP) is 5.49. The van der Waals surface area contributed by atoms with E-state index in [1.807, 2.05) is 36.1 Å². The fraction of sp³-hybridized carbons (Fsp3) is 0.200. The lowest BCUT2D eigenvalue weighted by molar-refractivity contribution is 0.627. The Labute approximate surface area is 126 Å². The average Bonchev–Trinajstić information content (AvgIpc) is 2.40. The summed E-state index contributed by atoms with van der Waals surface area (Å²) in [7, 11) is 0. The Hall–Kier alpha value is -1.06. The van der Waals surface area contributed by atoms with Crippen molar-refractivity contribution in [3.63, 3.8) is 0 Å². The van der Waals surface area contributed by atoms with Gasteiger partial charge in [-0.15, -0.1) is 11.6 Å². The molecule has 0 spiro atoms. The summed E-state index contributed by atoms with van der Waals surface area (Å²) in [6.07, 6.45) is 0. The predicted molar refractivity (Wildman–Crippen MR) is 82.8 cm³/mol. The van der Waals surface area contributed by atoms with Gasteiger partial charge in [-0.2, -0.15) is 0 Å². The van der Waals surface area contributed by atoms with Crippen molar-refractivity contribution in [2.24, 2.45) is 0 Å². The molecule has 0 aliphatic heterocycles. The molecule has 2 aromatic carbocycles. The fourth-order valence-electron chi connectivity index (χ4n) is 2.04. The van der Waals surface area contributed by atoms with Gasteiger partial charge in [0.1, 0.15) is 5.82 Å². The molecular weight excluding hydrogens is 329 g/mol. The van der Waals surface area contributed by atoms with Crippen molar-refractivity contribution in [3.8, 4) is 0 Å². The van der Waals surface area contributed by atoms with Crippen LogP contribution < -0.4 is 4.90 Å². The minimum Gasteiger partial charge on any atom is -0.341 e. The van der Waals surface area contributed by atoms with Crippen LogP contribution in [0.2, 0.25) is 0 Å². The standard InChI is InChI=1S/C15H14BrClFN/c1-2-19(14-5-3-4-13(18)9-14)15-8-12(16)7-6-11(15)10-17/h3-9H,2,10H2,1H3. The Morgan fingerprint density at radius 2 is 2.00 bits per heavy atom. The number of nitrogens with zero attached hydrogens (tertiary/aromatic N) is 1. The topological polar surface area (TPSA) is 3.24 Å². The van der Waals surface area contributed by atoms with Gasteiger partial charge in [0, 0.05) is 28.3 Å². The second-order valence-electron chi connectivity index (χ2n) is 4.13. The number of hydrogen-bond donors (Lipinski definition) is 0. The third-order valence-electron chi connectivity index (χ3n) is 2.92. The van der Waals surface area contributed by atoms with E-state index in [4.69, 9.17) is 11.6 Å². The number of halogens is 3. The van der Waals surface area contributed by atoms with E-state index >= 15 is 0 Å². The molecule has 0 aliphatic carbocycles. The first-order chi connectivity index (χ1) is 9.15. The van der Waals surface area contributed by atoms with Crippen LogP contribution in [0.1, 0.15) is 12.5 Å². The smallest absolute Gasteiger partial charge is 0.125 e. The van der Waals surface area contributed by atoms with Crippen molar-refractivity contribution in [1.82, 2.24) is 0 Å². The lowest BCUT2D eigenvalue weighted by atomic mass is 10.1. The maximum atomic E-state index is 13.4. The maximum Gasteiger partial charge on any atom is 0.125 e. The summed E-state index contributed by atoms with van der Waals surface area (Å²) in [5, 5.41) is 0. The van der Waals surface area contributed by atoms with Crippen LogP contribution in [0.25, 0.3) is 0 Å². The van der Waals surface area contributed by atoms with Gasteiger partial charge in [0.2, 0.25) is 0 Å². The van der Waals surface area contributed by atoms with Gasteiger partial charge in [-0.1, -0.05) is 28.1 Å². The number of benzene rings is 2. The molecule has 0 atom stereocenters. The Morgan fingerprint density at radius 1 is 1.21 bits per heavy atom. The van der Waals surface area contributed by atoms with E-state index in [1.165, 1.54) is 12.1 Å². The minimum absolute atomic E-state index is 0.238. The van der Waals surface area contributed by atoms with Gasteiger partial charge in [-0.3, -0.25) is 0 Å². The monoisotopic (exact) mass is 341 g/mol. The zero-order valence-corrected chi connectivity index (χ0v) is 12.9. The molecule has 0 radical (unpaired) electrons. The largest absolute Gasteiger partial charge is 0.341 e. The highest BCUT2D eigenvalue weighted by molar-refractivity contribution is 9.10. The Morgan fingerprint density at radius 3 is 2.63 bits per heavy atom. The zero-order valence-electron chi connectivity index (χ0n) is 10.5. The van der Waals surface area contributed by atoms with E-state index < -0.39 is 0 Å². The highest BCUT2D eigenvalue weighted by Gasteiger charge is 2.12. The molecule has 2 rings (SSSR count). The normalized spacial score (nSPS) is 10.5. The molecule has 0 aromatic heterocycles. The number of rotatable bonds is 4. The fourth-order valence-corrected chi connectivity index (χ4v) is 2.61. The molecule has 0 fully saturated rings. The van der Waals surface area contributed by atoms with Gasteiger partial charge in [0.15, 0.2) is 0 Å². The second kappa shape index (κ2) is 6.40. The van der Waals surface area contributed by atoms with Gasteiger partial charge in [-0.05, 0) is 42.8 Å². The maximum absolute atomic E-state index is 13.4. The van der Waals surface area contributed by atoms with Crippen molar-refractivity contribution in [3.05, 3.63) is 58.3 Å². The Bertz CT molecular complexity index is 574. The SMILES string of the molecule is CCN(c1cccc(F)c1)c1cc(Br)ccc1CCl. The van der Waals surface area contributed by atoms with Crippen molar-refractivity contribution >= 4 is 38.9 Å². The van der Waals surface area contributed by atoms with Crippen LogP contribution in [-0.2, 0) is 5.88 Å². The summed E-state index contributed by atoms with van der Waals surface area (Å²) in [6, 6.07) is 12.5. The van der Waals surface area contributed by atoms with E-state index in [2.05, 4.69) is 15.9 Å². The zero-order chi connectivity index (χ0) is 13.8. The van der Waals surface area contributed by atoms with Crippen LogP contribution in [-0.4, -0.2) is 6.54 Å². The van der Waals surface area contributed by atoms with Crippen molar-refractivity contribution in [2.45, 2.75) is 12.8 Å². The number of alkyl halides is 1. The van der Waals surface area contributed by atoms with Crippen LogP contribution >= 0.6 is 27.5 Å². The first-order valence-electron chi connectivity index (χ1n) is 6.03. The molecule has 4 heteroatoms. The highest BCUT2D eigenvalue weighted by atomic mass is 79.9. The summed E-state index contributed by atoms with van der Waals surface area (Å²) in [4.78, 5) is 2.05. The minimum atomic E-state index is -0.238. The van der Waals surface area contributed by atoms with E-state index in [0.717, 1.165) is 28.0 Å². The molecule has 0 aliphatic rings. The van der Waals surface area contributed by atoms with E-state index in [1.54, 1.807) is 6.07 Å². The third kappa shape index (κ3) is 3.28. The molecule has 1 nitrogen and oxygen atoms in total. The second-order valence-corrected chi connectivity index (χ2v) is 5.31. The van der Waals surface area contributed by atoms with Gasteiger partial charge in [0.25, 0.3) is 0 Å². The molecule has 0 amide bonds. The van der Waals surface area contributed by atoms with Crippen molar-refractivity contribution in [2.75, 3.05) is 11.4 Å². The van der Waals surface area contributed by atoms with Gasteiger partial charge < -0.3 is 4.90 Å². The van der Waals surface area contributed by atoms with Crippen molar-refractivity contribution < 1.29 is 4.39 Å². The van der Waals surface area contributed by atoms with Crippen molar-refractivity contribution in [1.29, 1.82) is 0 Å². The van der Waals surface area contributed by atoms with Crippen LogP contribution in [0.4, 0.5) is 15.8 Å². The Kier molecular flexibility index (Phi) is 4.83. The first-order valence-corrected chi connectivity index (χ1v) is 7.36. The molecular formula is C15H14BrClFN. The molecule has 0 saturated carbocycles. The first kappa shape index (κ1) is 14.4. The third-order valence-corrected chi connectivity index (χ3v) is 3.70. The lowest BCUT2D eigenvalue weighted by Gasteiger charge is -2.25. The summed E-state index contributed by atoms with van der Waals surface area (Å²) in [5.41, 5.74) is 2.85. The summed E-state index contributed by atoms with van der Waals surface area (Å²) in [6.45, 7) is 2.77. The van der Waals surface area contributed by atoms with Gasteiger partial charge in [0.05, 0.1) is 0 Å². The van der Waals surface area contributed by atoms with Crippen LogP contribution in [0.5, 0.6) is 0 Å². The lowest BCUT2D eigenvalue weighted by Crippen LogP contribution is -2.17. The molecule has 100 valence electrons. The molecule has 0 N–H and O–H groups in total. The van der Waals surface area contributed by atoms with Gasteiger partial charge >= 0.3 is 0 Å². The summed E-state index contributed by atoms with van der Waals surface area (Å²) in [5.74, 6) is 0.187. The highest BCUT2D eigenvalue weighted by Crippen LogP contribution is 2.32. The van der Waals surface area contributed by atoms with E-state index in [-0.39, 0.29) is 5.82 Å². The van der Waals surface area contributed by atoms with E-state index in [9.17, 15) is 4.39 Å². The van der Waals surface area contributed by atoms with Gasteiger partial charge in [-0.25, -0.2) is 4.39 Å².